The van der Waals surface area contributed by atoms with E-state index in [2.05, 4.69) is 0 Å². The van der Waals surface area contributed by atoms with E-state index in [0.29, 0.717) is 11.1 Å². The van der Waals surface area contributed by atoms with Gasteiger partial charge in [-0.25, -0.2) is 4.79 Å². The van der Waals surface area contributed by atoms with Crippen molar-refractivity contribution < 1.29 is 14.3 Å². The van der Waals surface area contributed by atoms with Gasteiger partial charge in [0.1, 0.15) is 0 Å². The predicted octanol–water partition coefficient (Wildman–Crippen LogP) is 3.65. The molecule has 0 heterocycles. The van der Waals surface area contributed by atoms with E-state index in [9.17, 15) is 9.59 Å². The second-order valence-corrected chi connectivity index (χ2v) is 5.16. The number of Topliss-reactive ketones (excluding diaryl/α,β-unsaturated/α-hetero) is 1. The molecule has 0 aromatic heterocycles. The molecule has 2 rings (SSSR count). The molecule has 0 amide bonds. The highest BCUT2D eigenvalue weighted by Gasteiger charge is 2.12. The number of ketones is 1. The van der Waals surface area contributed by atoms with Crippen molar-refractivity contribution in [2.75, 3.05) is 6.61 Å². The molecule has 21 heavy (non-hydrogen) atoms. The molecule has 0 atom stereocenters. The lowest BCUT2D eigenvalue weighted by atomic mass is 10.0. The van der Waals surface area contributed by atoms with Crippen molar-refractivity contribution in [3.8, 4) is 0 Å². The molecule has 0 aliphatic rings. The van der Waals surface area contributed by atoms with E-state index < -0.39 is 5.97 Å². The molecule has 0 unspecified atom stereocenters. The first-order chi connectivity index (χ1) is 9.97. The van der Waals surface area contributed by atoms with Crippen molar-refractivity contribution >= 4 is 11.8 Å². The molecule has 0 N–H and O–H groups in total. The first-order valence-electron chi connectivity index (χ1n) is 6.81. The Labute approximate surface area is 124 Å². The van der Waals surface area contributed by atoms with Crippen molar-refractivity contribution in [2.24, 2.45) is 0 Å². The van der Waals surface area contributed by atoms with Crippen LogP contribution >= 0.6 is 0 Å². The SMILES string of the molecule is Cc1ccc(C(=O)OCC(=O)c2ccc(C)c(C)c2)cc1. The molecular weight excluding hydrogens is 264 g/mol. The van der Waals surface area contributed by atoms with Crippen LogP contribution in [0.5, 0.6) is 0 Å². The summed E-state index contributed by atoms with van der Waals surface area (Å²) in [4.78, 5) is 23.9. The van der Waals surface area contributed by atoms with Gasteiger partial charge in [-0.05, 0) is 50.1 Å². The Morgan fingerprint density at radius 2 is 1.48 bits per heavy atom. The minimum absolute atomic E-state index is 0.196. The van der Waals surface area contributed by atoms with Crippen molar-refractivity contribution in [3.63, 3.8) is 0 Å². The average molecular weight is 282 g/mol. The Morgan fingerprint density at radius 1 is 0.857 bits per heavy atom. The van der Waals surface area contributed by atoms with Crippen molar-refractivity contribution in [3.05, 3.63) is 70.3 Å². The molecule has 0 saturated heterocycles. The van der Waals surface area contributed by atoms with E-state index in [1.54, 1.807) is 18.2 Å². The second kappa shape index (κ2) is 6.35. The summed E-state index contributed by atoms with van der Waals surface area (Å²) in [5, 5.41) is 0. The molecule has 0 bridgehead atoms. The largest absolute Gasteiger partial charge is 0.454 e. The highest BCUT2D eigenvalue weighted by molar-refractivity contribution is 5.99. The molecular formula is C18H18O3. The van der Waals surface area contributed by atoms with Crippen LogP contribution in [0.1, 0.15) is 37.4 Å². The van der Waals surface area contributed by atoms with Crippen LogP contribution in [0.3, 0.4) is 0 Å². The summed E-state index contributed by atoms with van der Waals surface area (Å²) in [6, 6.07) is 12.5. The van der Waals surface area contributed by atoms with Crippen LogP contribution in [-0.2, 0) is 4.74 Å². The van der Waals surface area contributed by atoms with E-state index in [1.165, 1.54) is 0 Å². The summed E-state index contributed by atoms with van der Waals surface area (Å²) < 4.78 is 5.07. The molecule has 0 saturated carbocycles. The smallest absolute Gasteiger partial charge is 0.338 e. The van der Waals surface area contributed by atoms with E-state index in [-0.39, 0.29) is 12.4 Å². The fourth-order valence-corrected chi connectivity index (χ4v) is 1.90. The molecule has 0 spiro atoms. The lowest BCUT2D eigenvalue weighted by molar-refractivity contribution is 0.0474. The Morgan fingerprint density at radius 3 is 2.10 bits per heavy atom. The lowest BCUT2D eigenvalue weighted by Crippen LogP contribution is -2.14. The highest BCUT2D eigenvalue weighted by Crippen LogP contribution is 2.11. The molecule has 2 aromatic carbocycles. The van der Waals surface area contributed by atoms with Gasteiger partial charge in [0, 0.05) is 5.56 Å². The zero-order valence-electron chi connectivity index (χ0n) is 12.5. The zero-order valence-corrected chi connectivity index (χ0v) is 12.5. The normalized spacial score (nSPS) is 10.2. The number of aryl methyl sites for hydroxylation is 3. The lowest BCUT2D eigenvalue weighted by Gasteiger charge is -2.06. The predicted molar refractivity (Wildman–Crippen MR) is 81.7 cm³/mol. The van der Waals surface area contributed by atoms with Gasteiger partial charge in [0.25, 0.3) is 0 Å². The van der Waals surface area contributed by atoms with Crippen molar-refractivity contribution in [2.45, 2.75) is 20.8 Å². The minimum atomic E-state index is -0.479. The van der Waals surface area contributed by atoms with Gasteiger partial charge in [-0.2, -0.15) is 0 Å². The molecule has 2 aromatic rings. The van der Waals surface area contributed by atoms with Crippen LogP contribution in [-0.4, -0.2) is 18.4 Å². The maximum Gasteiger partial charge on any atom is 0.338 e. The molecule has 0 aliphatic carbocycles. The number of carbonyl (C=O) groups is 2. The van der Waals surface area contributed by atoms with Crippen molar-refractivity contribution in [1.29, 1.82) is 0 Å². The van der Waals surface area contributed by atoms with Crippen LogP contribution in [0.25, 0.3) is 0 Å². The van der Waals surface area contributed by atoms with Gasteiger partial charge in [-0.3, -0.25) is 4.79 Å². The average Bonchev–Trinajstić information content (AvgIpc) is 2.48. The summed E-state index contributed by atoms with van der Waals surface area (Å²) in [6.45, 7) is 5.64. The molecule has 0 radical (unpaired) electrons. The van der Waals surface area contributed by atoms with Gasteiger partial charge in [-0.1, -0.05) is 29.8 Å². The number of esters is 1. The molecule has 3 nitrogen and oxygen atoms in total. The second-order valence-electron chi connectivity index (χ2n) is 5.16. The van der Waals surface area contributed by atoms with E-state index in [4.69, 9.17) is 4.74 Å². The monoisotopic (exact) mass is 282 g/mol. The number of hydrogen-bond donors (Lipinski definition) is 0. The third-order valence-corrected chi connectivity index (χ3v) is 3.45. The zero-order chi connectivity index (χ0) is 15.4. The minimum Gasteiger partial charge on any atom is -0.454 e. The molecule has 0 fully saturated rings. The van der Waals surface area contributed by atoms with E-state index in [1.807, 2.05) is 45.0 Å². The summed E-state index contributed by atoms with van der Waals surface area (Å²) in [7, 11) is 0. The molecule has 108 valence electrons. The maximum absolute atomic E-state index is 12.0. The Balaban J connectivity index is 1.98. The molecule has 0 aliphatic heterocycles. The topological polar surface area (TPSA) is 43.4 Å². The Hall–Kier alpha value is -2.42. The Bertz CT molecular complexity index is 669. The Kier molecular flexibility index (Phi) is 4.53. The standard InChI is InChI=1S/C18H18O3/c1-12-4-7-15(8-5-12)18(20)21-11-17(19)16-9-6-13(2)14(3)10-16/h4-10H,11H2,1-3H3. The first kappa shape index (κ1) is 15.0. The van der Waals surface area contributed by atoms with Crippen LogP contribution in [0.15, 0.2) is 42.5 Å². The summed E-state index contributed by atoms with van der Waals surface area (Å²) in [5.74, 6) is -0.675. The van der Waals surface area contributed by atoms with Gasteiger partial charge in [0.15, 0.2) is 12.4 Å². The quantitative estimate of drug-likeness (QED) is 0.635. The third kappa shape index (κ3) is 3.78. The number of rotatable bonds is 4. The summed E-state index contributed by atoms with van der Waals surface area (Å²) in [6.07, 6.45) is 0. The van der Waals surface area contributed by atoms with Crippen molar-refractivity contribution in [1.82, 2.24) is 0 Å². The van der Waals surface area contributed by atoms with Gasteiger partial charge >= 0.3 is 5.97 Å². The van der Waals surface area contributed by atoms with Crippen LogP contribution in [0.2, 0.25) is 0 Å². The first-order valence-corrected chi connectivity index (χ1v) is 6.81. The van der Waals surface area contributed by atoms with Gasteiger partial charge < -0.3 is 4.74 Å². The number of ether oxygens (including phenoxy) is 1. The van der Waals surface area contributed by atoms with Gasteiger partial charge in [-0.15, -0.1) is 0 Å². The van der Waals surface area contributed by atoms with Crippen LogP contribution in [0, 0.1) is 20.8 Å². The van der Waals surface area contributed by atoms with Gasteiger partial charge in [0.2, 0.25) is 0 Å². The van der Waals surface area contributed by atoms with Gasteiger partial charge in [0.05, 0.1) is 5.56 Å². The van der Waals surface area contributed by atoms with E-state index >= 15 is 0 Å². The van der Waals surface area contributed by atoms with Crippen LogP contribution < -0.4 is 0 Å². The highest BCUT2D eigenvalue weighted by atomic mass is 16.5. The third-order valence-electron chi connectivity index (χ3n) is 3.45. The fourth-order valence-electron chi connectivity index (χ4n) is 1.90. The van der Waals surface area contributed by atoms with Crippen LogP contribution in [0.4, 0.5) is 0 Å². The number of benzene rings is 2. The van der Waals surface area contributed by atoms with E-state index in [0.717, 1.165) is 16.7 Å². The number of hydrogen-bond acceptors (Lipinski definition) is 3. The number of carbonyl (C=O) groups excluding carboxylic acids is 2. The fraction of sp³-hybridized carbons (Fsp3) is 0.222. The summed E-state index contributed by atoms with van der Waals surface area (Å²) in [5.41, 5.74) is 4.26. The maximum atomic E-state index is 12.0. The molecule has 3 heteroatoms. The summed E-state index contributed by atoms with van der Waals surface area (Å²) >= 11 is 0.